The molecule has 1 heterocycles. The molecular formula is C14H12N2OS. The molecular weight excluding hydrogens is 244 g/mol. The third kappa shape index (κ3) is 2.96. The second kappa shape index (κ2) is 5.99. The largest absolute Gasteiger partial charge is 0.350 e. The van der Waals surface area contributed by atoms with Crippen molar-refractivity contribution in [2.75, 3.05) is 0 Å². The molecule has 0 aliphatic rings. The van der Waals surface area contributed by atoms with Crippen molar-refractivity contribution in [3.63, 3.8) is 0 Å². The van der Waals surface area contributed by atoms with Crippen LogP contribution in [0.3, 0.4) is 0 Å². The molecule has 0 spiro atoms. The van der Waals surface area contributed by atoms with Crippen LogP contribution in [0.5, 0.6) is 0 Å². The average Bonchev–Trinajstić information content (AvgIpc) is 2.92. The summed E-state index contributed by atoms with van der Waals surface area (Å²) in [5, 5.41) is 13.8. The predicted octanol–water partition coefficient (Wildman–Crippen LogP) is 2.67. The lowest BCUT2D eigenvalue weighted by molar-refractivity contribution is -0.121. The fraction of sp³-hybridized carbons (Fsp3) is 0.143. The average molecular weight is 256 g/mol. The van der Waals surface area contributed by atoms with Gasteiger partial charge in [0.2, 0.25) is 5.91 Å². The third-order valence-corrected chi connectivity index (χ3v) is 3.42. The maximum absolute atomic E-state index is 11.9. The first kappa shape index (κ1) is 12.3. The van der Waals surface area contributed by atoms with Gasteiger partial charge in [-0.3, -0.25) is 4.79 Å². The Labute approximate surface area is 110 Å². The molecule has 90 valence electrons. The fourth-order valence-electron chi connectivity index (χ4n) is 1.62. The summed E-state index contributed by atoms with van der Waals surface area (Å²) in [6.07, 6.45) is 0. The topological polar surface area (TPSA) is 52.9 Å². The van der Waals surface area contributed by atoms with Gasteiger partial charge in [0.25, 0.3) is 0 Å². The lowest BCUT2D eigenvalue weighted by atomic mass is 10.00. The number of hydrogen-bond donors (Lipinski definition) is 1. The van der Waals surface area contributed by atoms with E-state index in [1.165, 1.54) is 0 Å². The fourth-order valence-corrected chi connectivity index (χ4v) is 2.26. The molecule has 0 aliphatic carbocycles. The van der Waals surface area contributed by atoms with Gasteiger partial charge in [-0.15, -0.1) is 11.3 Å². The highest BCUT2D eigenvalue weighted by atomic mass is 32.1. The van der Waals surface area contributed by atoms with Gasteiger partial charge < -0.3 is 5.32 Å². The summed E-state index contributed by atoms with van der Waals surface area (Å²) in [4.78, 5) is 13.0. The summed E-state index contributed by atoms with van der Waals surface area (Å²) in [6, 6.07) is 15.0. The van der Waals surface area contributed by atoms with Crippen molar-refractivity contribution in [2.24, 2.45) is 0 Å². The normalized spacial score (nSPS) is 11.5. The van der Waals surface area contributed by atoms with Gasteiger partial charge in [0.1, 0.15) is 5.92 Å². The molecule has 1 atom stereocenters. The maximum Gasteiger partial charge on any atom is 0.242 e. The molecule has 4 heteroatoms. The molecule has 1 aromatic heterocycles. The molecule has 0 radical (unpaired) electrons. The number of rotatable bonds is 4. The molecule has 3 nitrogen and oxygen atoms in total. The monoisotopic (exact) mass is 256 g/mol. The van der Waals surface area contributed by atoms with Gasteiger partial charge in [-0.05, 0) is 17.0 Å². The van der Waals surface area contributed by atoms with Gasteiger partial charge in [0.05, 0.1) is 12.6 Å². The number of amides is 1. The van der Waals surface area contributed by atoms with Crippen LogP contribution in [0.4, 0.5) is 0 Å². The molecule has 0 bridgehead atoms. The quantitative estimate of drug-likeness (QED) is 0.914. The number of benzene rings is 1. The van der Waals surface area contributed by atoms with E-state index in [2.05, 4.69) is 5.32 Å². The molecule has 0 aliphatic heterocycles. The van der Waals surface area contributed by atoms with E-state index in [4.69, 9.17) is 5.26 Å². The molecule has 1 N–H and O–H groups in total. The molecule has 2 rings (SSSR count). The Balaban J connectivity index is 2.01. The first-order valence-corrected chi connectivity index (χ1v) is 6.44. The van der Waals surface area contributed by atoms with Crippen molar-refractivity contribution < 1.29 is 4.79 Å². The summed E-state index contributed by atoms with van der Waals surface area (Å²) in [7, 11) is 0. The highest BCUT2D eigenvalue weighted by Crippen LogP contribution is 2.15. The summed E-state index contributed by atoms with van der Waals surface area (Å²) in [5.74, 6) is -0.997. The molecule has 1 amide bonds. The lowest BCUT2D eigenvalue weighted by Gasteiger charge is -2.09. The lowest BCUT2D eigenvalue weighted by Crippen LogP contribution is -2.27. The number of nitrogens with one attached hydrogen (secondary N) is 1. The van der Waals surface area contributed by atoms with E-state index < -0.39 is 5.92 Å². The molecule has 0 saturated carbocycles. The number of nitrogens with zero attached hydrogens (tertiary/aromatic N) is 1. The zero-order valence-electron chi connectivity index (χ0n) is 9.67. The first-order valence-electron chi connectivity index (χ1n) is 5.56. The van der Waals surface area contributed by atoms with Gasteiger partial charge in [-0.2, -0.15) is 5.26 Å². The SMILES string of the molecule is N#C[C@@H](C(=O)NCc1cccs1)c1ccccc1. The second-order valence-electron chi connectivity index (χ2n) is 3.77. The molecule has 0 fully saturated rings. The van der Waals surface area contributed by atoms with Crippen molar-refractivity contribution >= 4 is 17.2 Å². The van der Waals surface area contributed by atoms with Crippen LogP contribution in [0.1, 0.15) is 16.4 Å². The Morgan fingerprint density at radius 3 is 2.67 bits per heavy atom. The first-order chi connectivity index (χ1) is 8.81. The van der Waals surface area contributed by atoms with E-state index in [0.29, 0.717) is 6.54 Å². The van der Waals surface area contributed by atoms with Crippen molar-refractivity contribution in [1.29, 1.82) is 5.26 Å². The highest BCUT2D eigenvalue weighted by Gasteiger charge is 2.19. The standard InChI is InChI=1S/C14H12N2OS/c15-9-13(11-5-2-1-3-6-11)14(17)16-10-12-7-4-8-18-12/h1-8,13H,10H2,(H,16,17)/t13-/m1/s1. The molecule has 0 unspecified atom stereocenters. The Hall–Kier alpha value is -2.12. The predicted molar refractivity (Wildman–Crippen MR) is 71.0 cm³/mol. The van der Waals surface area contributed by atoms with Crippen LogP contribution < -0.4 is 5.32 Å². The minimum atomic E-state index is -0.744. The van der Waals surface area contributed by atoms with Crippen LogP contribution in [0, 0.1) is 11.3 Å². The van der Waals surface area contributed by atoms with Crippen LogP contribution >= 0.6 is 11.3 Å². The number of thiophene rings is 1. The van der Waals surface area contributed by atoms with Gasteiger partial charge in [0, 0.05) is 4.88 Å². The number of carbonyl (C=O) groups is 1. The molecule has 1 aromatic carbocycles. The van der Waals surface area contributed by atoms with Crippen molar-refractivity contribution in [2.45, 2.75) is 12.5 Å². The molecule has 0 saturated heterocycles. The van der Waals surface area contributed by atoms with Crippen LogP contribution in [-0.2, 0) is 11.3 Å². The molecule has 2 aromatic rings. The van der Waals surface area contributed by atoms with E-state index in [1.807, 2.05) is 41.8 Å². The Kier molecular flexibility index (Phi) is 4.11. The van der Waals surface area contributed by atoms with E-state index in [9.17, 15) is 4.79 Å². The molecule has 18 heavy (non-hydrogen) atoms. The number of carbonyl (C=O) groups excluding carboxylic acids is 1. The zero-order valence-corrected chi connectivity index (χ0v) is 10.5. The Morgan fingerprint density at radius 2 is 2.06 bits per heavy atom. The van der Waals surface area contributed by atoms with Gasteiger partial charge in [0.15, 0.2) is 0 Å². The minimum Gasteiger partial charge on any atom is -0.350 e. The maximum atomic E-state index is 11.9. The number of hydrogen-bond acceptors (Lipinski definition) is 3. The van der Waals surface area contributed by atoms with Crippen LogP contribution in [-0.4, -0.2) is 5.91 Å². The Bertz CT molecular complexity index is 543. The van der Waals surface area contributed by atoms with Gasteiger partial charge >= 0.3 is 0 Å². The zero-order chi connectivity index (χ0) is 12.8. The van der Waals surface area contributed by atoms with Gasteiger partial charge in [-0.25, -0.2) is 0 Å². The van der Waals surface area contributed by atoms with Crippen LogP contribution in [0.15, 0.2) is 47.8 Å². The third-order valence-electron chi connectivity index (χ3n) is 2.54. The smallest absolute Gasteiger partial charge is 0.242 e. The van der Waals surface area contributed by atoms with Crippen LogP contribution in [0.2, 0.25) is 0 Å². The number of nitriles is 1. The highest BCUT2D eigenvalue weighted by molar-refractivity contribution is 7.09. The van der Waals surface area contributed by atoms with Crippen molar-refractivity contribution in [1.82, 2.24) is 5.32 Å². The van der Waals surface area contributed by atoms with E-state index in [1.54, 1.807) is 23.5 Å². The minimum absolute atomic E-state index is 0.253. The second-order valence-corrected chi connectivity index (χ2v) is 4.80. The summed E-state index contributed by atoms with van der Waals surface area (Å²) < 4.78 is 0. The van der Waals surface area contributed by atoms with E-state index >= 15 is 0 Å². The van der Waals surface area contributed by atoms with E-state index in [0.717, 1.165) is 10.4 Å². The summed E-state index contributed by atoms with van der Waals surface area (Å²) in [6.45, 7) is 0.474. The Morgan fingerprint density at radius 1 is 1.28 bits per heavy atom. The van der Waals surface area contributed by atoms with Crippen LogP contribution in [0.25, 0.3) is 0 Å². The van der Waals surface area contributed by atoms with E-state index in [-0.39, 0.29) is 5.91 Å². The summed E-state index contributed by atoms with van der Waals surface area (Å²) in [5.41, 5.74) is 0.726. The summed E-state index contributed by atoms with van der Waals surface area (Å²) >= 11 is 1.58. The van der Waals surface area contributed by atoms with Gasteiger partial charge in [-0.1, -0.05) is 36.4 Å². The van der Waals surface area contributed by atoms with Crippen molar-refractivity contribution in [3.8, 4) is 6.07 Å². The van der Waals surface area contributed by atoms with Crippen molar-refractivity contribution in [3.05, 3.63) is 58.3 Å².